The third kappa shape index (κ3) is 3.69. The van der Waals surface area contributed by atoms with Crippen LogP contribution in [0.1, 0.15) is 32.1 Å². The maximum atomic E-state index is 13.6. The molecule has 2 aliphatic heterocycles. The number of likely N-dealkylation sites (tertiary alicyclic amines) is 1. The summed E-state index contributed by atoms with van der Waals surface area (Å²) in [6, 6.07) is -1.65. The average Bonchev–Trinajstić information content (AvgIpc) is 2.81. The molecule has 3 N–H and O–H groups in total. The smallest absolute Gasteiger partial charge is 0.321 e. The average molecular weight is 346 g/mol. The molecule has 1 unspecified atom stereocenters. The quantitative estimate of drug-likeness (QED) is 0.710. The summed E-state index contributed by atoms with van der Waals surface area (Å²) in [4.78, 5) is 23.8. The van der Waals surface area contributed by atoms with E-state index in [1.54, 1.807) is 0 Å². The fourth-order valence-electron chi connectivity index (χ4n) is 4.67. The van der Waals surface area contributed by atoms with Crippen LogP contribution >= 0.6 is 0 Å². The van der Waals surface area contributed by atoms with Crippen LogP contribution in [0.5, 0.6) is 0 Å². The van der Waals surface area contributed by atoms with Crippen molar-refractivity contribution in [3.05, 3.63) is 0 Å². The summed E-state index contributed by atoms with van der Waals surface area (Å²) in [7, 11) is 0. The number of halogens is 2. The van der Waals surface area contributed by atoms with Gasteiger partial charge in [-0.2, -0.15) is 0 Å². The van der Waals surface area contributed by atoms with Crippen LogP contribution in [0, 0.1) is 17.8 Å². The molecule has 0 bridgehead atoms. The van der Waals surface area contributed by atoms with Crippen LogP contribution in [0.3, 0.4) is 0 Å². The lowest BCUT2D eigenvalue weighted by Gasteiger charge is -2.42. The van der Waals surface area contributed by atoms with Crippen LogP contribution in [0.15, 0.2) is 0 Å². The Morgan fingerprint density at radius 1 is 1.12 bits per heavy atom. The van der Waals surface area contributed by atoms with Crippen molar-refractivity contribution in [1.82, 2.24) is 10.2 Å². The topological polar surface area (TPSA) is 89.9 Å². The Labute approximate surface area is 139 Å². The number of rotatable bonds is 4. The molecule has 0 radical (unpaired) electrons. The van der Waals surface area contributed by atoms with E-state index in [0.717, 1.165) is 19.3 Å². The van der Waals surface area contributed by atoms with Crippen molar-refractivity contribution in [2.45, 2.75) is 50.1 Å². The molecule has 6 nitrogen and oxygen atoms in total. The zero-order valence-corrected chi connectivity index (χ0v) is 13.5. The molecule has 0 aromatic heterocycles. The van der Waals surface area contributed by atoms with Crippen molar-refractivity contribution in [1.29, 1.82) is 0 Å². The summed E-state index contributed by atoms with van der Waals surface area (Å²) in [6.45, 7) is 0.558. The van der Waals surface area contributed by atoms with Crippen molar-refractivity contribution >= 4 is 11.9 Å². The summed E-state index contributed by atoms with van der Waals surface area (Å²) in [6.07, 6.45) is 2.57. The highest BCUT2D eigenvalue weighted by molar-refractivity contribution is 5.74. The number of piperidine rings is 1. The Morgan fingerprint density at radius 3 is 2.54 bits per heavy atom. The fourth-order valence-corrected chi connectivity index (χ4v) is 4.67. The van der Waals surface area contributed by atoms with Gasteiger partial charge in [-0.05, 0) is 50.0 Å². The standard InChI is InChI=1S/C16H24F2N2O4/c17-16(18)5-13(15(23)24)20(8-16)7-9-1-2-10-6-19-12(14(21)22)4-11(10)3-9/h9-13,19H,1-8H2,(H,21,22)(H,23,24)/t9-,10?,11+,12-,13-/m0/s1. The van der Waals surface area contributed by atoms with E-state index in [0.29, 0.717) is 25.4 Å². The van der Waals surface area contributed by atoms with Crippen LogP contribution in [-0.4, -0.2) is 64.7 Å². The molecule has 2 saturated heterocycles. The van der Waals surface area contributed by atoms with E-state index >= 15 is 0 Å². The first-order valence-corrected chi connectivity index (χ1v) is 8.56. The van der Waals surface area contributed by atoms with Crippen molar-refractivity contribution in [3.63, 3.8) is 0 Å². The van der Waals surface area contributed by atoms with E-state index in [9.17, 15) is 23.5 Å². The van der Waals surface area contributed by atoms with Gasteiger partial charge in [0.15, 0.2) is 0 Å². The fraction of sp³-hybridized carbons (Fsp3) is 0.875. The lowest BCUT2D eigenvalue weighted by atomic mass is 9.69. The summed E-state index contributed by atoms with van der Waals surface area (Å²) >= 11 is 0. The molecule has 0 aromatic carbocycles. The lowest BCUT2D eigenvalue weighted by Crippen LogP contribution is -2.50. The number of hydrogen-bond donors (Lipinski definition) is 3. The molecule has 3 fully saturated rings. The number of aliphatic carboxylic acids is 2. The van der Waals surface area contributed by atoms with E-state index in [1.165, 1.54) is 4.90 Å². The molecule has 5 atom stereocenters. The summed E-state index contributed by atoms with van der Waals surface area (Å²) < 4.78 is 27.2. The number of nitrogens with one attached hydrogen (secondary N) is 1. The van der Waals surface area contributed by atoms with E-state index in [4.69, 9.17) is 5.11 Å². The van der Waals surface area contributed by atoms with Gasteiger partial charge >= 0.3 is 11.9 Å². The molecular formula is C16H24F2N2O4. The molecule has 2 heterocycles. The molecule has 0 amide bonds. The zero-order valence-electron chi connectivity index (χ0n) is 13.5. The van der Waals surface area contributed by atoms with E-state index in [2.05, 4.69) is 5.32 Å². The van der Waals surface area contributed by atoms with Gasteiger partial charge in [-0.1, -0.05) is 0 Å². The summed E-state index contributed by atoms with van der Waals surface area (Å²) in [5.74, 6) is -4.10. The maximum absolute atomic E-state index is 13.6. The predicted molar refractivity (Wildman–Crippen MR) is 80.9 cm³/mol. The first-order chi connectivity index (χ1) is 11.2. The minimum absolute atomic E-state index is 0.162. The number of hydrogen-bond acceptors (Lipinski definition) is 4. The van der Waals surface area contributed by atoms with Crippen molar-refractivity contribution < 1.29 is 28.6 Å². The van der Waals surface area contributed by atoms with Gasteiger partial charge in [0.1, 0.15) is 12.1 Å². The van der Waals surface area contributed by atoms with Gasteiger partial charge in [0.05, 0.1) is 6.54 Å². The van der Waals surface area contributed by atoms with Crippen molar-refractivity contribution in [2.75, 3.05) is 19.6 Å². The molecule has 0 spiro atoms. The second kappa shape index (κ2) is 6.55. The second-order valence-electron chi connectivity index (χ2n) is 7.58. The molecule has 24 heavy (non-hydrogen) atoms. The van der Waals surface area contributed by atoms with Gasteiger partial charge in [-0.15, -0.1) is 0 Å². The van der Waals surface area contributed by atoms with Crippen molar-refractivity contribution in [3.8, 4) is 0 Å². The van der Waals surface area contributed by atoms with Crippen LogP contribution in [0.2, 0.25) is 0 Å². The highest BCUT2D eigenvalue weighted by Gasteiger charge is 2.49. The number of fused-ring (bicyclic) bond motifs is 1. The highest BCUT2D eigenvalue weighted by Crippen LogP contribution is 2.40. The minimum atomic E-state index is -2.94. The Balaban J connectivity index is 1.60. The molecule has 1 aliphatic carbocycles. The first-order valence-electron chi connectivity index (χ1n) is 8.56. The van der Waals surface area contributed by atoms with Gasteiger partial charge in [-0.25, -0.2) is 8.78 Å². The number of carboxylic acids is 2. The lowest BCUT2D eigenvalue weighted by molar-refractivity contribution is -0.143. The Bertz CT molecular complexity index is 516. The Hall–Kier alpha value is -1.28. The highest BCUT2D eigenvalue weighted by atomic mass is 19.3. The SMILES string of the molecule is O=C(O)[C@@H]1C[C@H]2C[C@@H](CN3CC(F)(F)C[C@H]3C(=O)O)CCC2CN1. The van der Waals surface area contributed by atoms with E-state index < -0.39 is 42.9 Å². The Kier molecular flexibility index (Phi) is 4.79. The molecule has 3 rings (SSSR count). The van der Waals surface area contributed by atoms with E-state index in [-0.39, 0.29) is 11.8 Å². The van der Waals surface area contributed by atoms with Gasteiger partial charge in [0.25, 0.3) is 5.92 Å². The largest absolute Gasteiger partial charge is 0.480 e. The number of carboxylic acid groups (broad SMARTS) is 2. The molecule has 0 aromatic rings. The monoisotopic (exact) mass is 346 g/mol. The summed E-state index contributed by atoms with van der Waals surface area (Å²) in [5.41, 5.74) is 0. The Morgan fingerprint density at radius 2 is 1.88 bits per heavy atom. The van der Waals surface area contributed by atoms with Gasteiger partial charge < -0.3 is 15.5 Å². The number of alkyl halides is 2. The second-order valence-corrected chi connectivity index (χ2v) is 7.58. The van der Waals surface area contributed by atoms with E-state index in [1.807, 2.05) is 0 Å². The molecule has 136 valence electrons. The third-order valence-electron chi connectivity index (χ3n) is 5.86. The summed E-state index contributed by atoms with van der Waals surface area (Å²) in [5, 5.41) is 21.4. The predicted octanol–water partition coefficient (Wildman–Crippen LogP) is 1.26. The first kappa shape index (κ1) is 17.5. The van der Waals surface area contributed by atoms with Gasteiger partial charge in [0.2, 0.25) is 0 Å². The maximum Gasteiger partial charge on any atom is 0.321 e. The third-order valence-corrected chi connectivity index (χ3v) is 5.86. The van der Waals surface area contributed by atoms with Crippen LogP contribution in [-0.2, 0) is 9.59 Å². The van der Waals surface area contributed by atoms with Gasteiger partial charge in [0, 0.05) is 13.0 Å². The number of carbonyl (C=O) groups is 2. The molecule has 3 aliphatic rings. The van der Waals surface area contributed by atoms with Gasteiger partial charge in [-0.3, -0.25) is 14.5 Å². The minimum Gasteiger partial charge on any atom is -0.480 e. The molecule has 8 heteroatoms. The molecule has 1 saturated carbocycles. The zero-order chi connectivity index (χ0) is 17.5. The normalized spacial score (nSPS) is 39.3. The number of nitrogens with zero attached hydrogens (tertiary/aromatic N) is 1. The van der Waals surface area contributed by atoms with Crippen LogP contribution in [0.25, 0.3) is 0 Å². The molecular weight excluding hydrogens is 322 g/mol. The van der Waals surface area contributed by atoms with Crippen molar-refractivity contribution in [2.24, 2.45) is 17.8 Å². The van der Waals surface area contributed by atoms with Crippen LogP contribution in [0.4, 0.5) is 8.78 Å². The van der Waals surface area contributed by atoms with Crippen LogP contribution < -0.4 is 5.32 Å².